The average Bonchev–Trinajstić information content (AvgIpc) is 2.19. The van der Waals surface area contributed by atoms with Crippen molar-refractivity contribution in [3.8, 4) is 5.88 Å². The van der Waals surface area contributed by atoms with Crippen LogP contribution in [0.15, 0.2) is 18.6 Å². The Hall–Kier alpha value is -1.16. The highest BCUT2D eigenvalue weighted by Gasteiger charge is 2.04. The highest BCUT2D eigenvalue weighted by molar-refractivity contribution is 5.00. The van der Waals surface area contributed by atoms with Gasteiger partial charge < -0.3 is 9.64 Å². The van der Waals surface area contributed by atoms with Crippen molar-refractivity contribution in [2.75, 3.05) is 20.7 Å². The maximum atomic E-state index is 5.43. The second-order valence-electron chi connectivity index (χ2n) is 3.49. The molecular weight excluding hydrogens is 178 g/mol. The highest BCUT2D eigenvalue weighted by Crippen LogP contribution is 2.03. The monoisotopic (exact) mass is 195 g/mol. The summed E-state index contributed by atoms with van der Waals surface area (Å²) >= 11 is 0. The van der Waals surface area contributed by atoms with Gasteiger partial charge in [0.15, 0.2) is 0 Å². The fourth-order valence-corrected chi connectivity index (χ4v) is 0.952. The lowest BCUT2D eigenvalue weighted by molar-refractivity contribution is 0.228. The molecule has 0 fully saturated rings. The molecule has 0 N–H and O–H groups in total. The molecule has 1 rings (SSSR count). The zero-order valence-electron chi connectivity index (χ0n) is 8.97. The van der Waals surface area contributed by atoms with Gasteiger partial charge in [0.05, 0.1) is 12.8 Å². The Labute approximate surface area is 84.9 Å². The summed E-state index contributed by atoms with van der Waals surface area (Å²) in [7, 11) is 4.12. The molecule has 78 valence electrons. The summed E-state index contributed by atoms with van der Waals surface area (Å²) in [5.41, 5.74) is 0. The Kier molecular flexibility index (Phi) is 4.32. The first-order chi connectivity index (χ1) is 6.70. The third-order valence-electron chi connectivity index (χ3n) is 2.21. The molecule has 0 aliphatic rings. The second-order valence-corrected chi connectivity index (χ2v) is 3.49. The summed E-state index contributed by atoms with van der Waals surface area (Å²) in [4.78, 5) is 10.1. The zero-order valence-corrected chi connectivity index (χ0v) is 8.97. The van der Waals surface area contributed by atoms with Crippen molar-refractivity contribution in [1.29, 1.82) is 0 Å². The Balaban J connectivity index is 2.22. The van der Waals surface area contributed by atoms with Crippen LogP contribution in [0.25, 0.3) is 0 Å². The van der Waals surface area contributed by atoms with Gasteiger partial charge in [0.2, 0.25) is 5.88 Å². The summed E-state index contributed by atoms with van der Waals surface area (Å²) in [5, 5.41) is 0. The van der Waals surface area contributed by atoms with Crippen molar-refractivity contribution < 1.29 is 4.74 Å². The maximum Gasteiger partial charge on any atom is 0.232 e. The predicted octanol–water partition coefficient (Wildman–Crippen LogP) is 1.20. The van der Waals surface area contributed by atoms with Crippen molar-refractivity contribution in [3.05, 3.63) is 18.6 Å². The molecule has 0 saturated heterocycles. The average molecular weight is 195 g/mol. The molecule has 14 heavy (non-hydrogen) atoms. The molecule has 0 radical (unpaired) electrons. The van der Waals surface area contributed by atoms with Gasteiger partial charge in [-0.2, -0.15) is 0 Å². The van der Waals surface area contributed by atoms with Crippen LogP contribution in [-0.4, -0.2) is 41.6 Å². The molecule has 0 aromatic carbocycles. The van der Waals surface area contributed by atoms with E-state index in [0.717, 1.165) is 6.42 Å². The van der Waals surface area contributed by atoms with E-state index in [1.807, 2.05) is 0 Å². The first-order valence-corrected chi connectivity index (χ1v) is 4.75. The summed E-state index contributed by atoms with van der Waals surface area (Å²) in [6.45, 7) is 2.85. The number of hydrogen-bond donors (Lipinski definition) is 0. The molecule has 1 heterocycles. The third-order valence-corrected chi connectivity index (χ3v) is 2.21. The first kappa shape index (κ1) is 10.9. The van der Waals surface area contributed by atoms with E-state index < -0.39 is 0 Å². The van der Waals surface area contributed by atoms with Crippen LogP contribution < -0.4 is 4.74 Å². The van der Waals surface area contributed by atoms with E-state index in [9.17, 15) is 0 Å². The van der Waals surface area contributed by atoms with Crippen LogP contribution in [-0.2, 0) is 0 Å². The lowest BCUT2D eigenvalue weighted by Crippen LogP contribution is -2.26. The number of nitrogens with zero attached hydrogens (tertiary/aromatic N) is 3. The van der Waals surface area contributed by atoms with Crippen LogP contribution in [0.4, 0.5) is 0 Å². The van der Waals surface area contributed by atoms with Gasteiger partial charge in [-0.3, -0.25) is 4.98 Å². The van der Waals surface area contributed by atoms with Gasteiger partial charge in [0, 0.05) is 18.4 Å². The lowest BCUT2D eigenvalue weighted by Gasteiger charge is -2.19. The van der Waals surface area contributed by atoms with Gasteiger partial charge in [-0.05, 0) is 27.4 Å². The van der Waals surface area contributed by atoms with Gasteiger partial charge in [0.1, 0.15) is 0 Å². The number of aromatic nitrogens is 2. The molecule has 4 heteroatoms. The van der Waals surface area contributed by atoms with E-state index in [4.69, 9.17) is 4.74 Å². The van der Waals surface area contributed by atoms with E-state index in [0.29, 0.717) is 18.5 Å². The topological polar surface area (TPSA) is 38.3 Å². The summed E-state index contributed by atoms with van der Waals surface area (Å²) in [5.74, 6) is 0.596. The molecule has 0 saturated carbocycles. The third kappa shape index (κ3) is 3.70. The Bertz CT molecular complexity index is 251. The quantitative estimate of drug-likeness (QED) is 0.707. The molecule has 0 aliphatic heterocycles. The largest absolute Gasteiger partial charge is 0.477 e. The van der Waals surface area contributed by atoms with Gasteiger partial charge >= 0.3 is 0 Å². The molecule has 1 aromatic rings. The van der Waals surface area contributed by atoms with Crippen LogP contribution in [0.1, 0.15) is 13.3 Å². The van der Waals surface area contributed by atoms with E-state index in [1.54, 1.807) is 18.6 Å². The minimum Gasteiger partial charge on any atom is -0.477 e. The number of ether oxygens (including phenoxy) is 1. The molecule has 0 unspecified atom stereocenters. The minimum atomic E-state index is 0.520. The molecule has 0 amide bonds. The highest BCUT2D eigenvalue weighted by atomic mass is 16.5. The van der Waals surface area contributed by atoms with Gasteiger partial charge in [0.25, 0.3) is 0 Å². The molecule has 0 spiro atoms. The van der Waals surface area contributed by atoms with Crippen LogP contribution in [0.5, 0.6) is 5.88 Å². The summed E-state index contributed by atoms with van der Waals surface area (Å²) in [6.07, 6.45) is 5.88. The first-order valence-electron chi connectivity index (χ1n) is 4.75. The van der Waals surface area contributed by atoms with Crippen molar-refractivity contribution in [3.63, 3.8) is 0 Å². The minimum absolute atomic E-state index is 0.520. The molecular formula is C10H17N3O. The fraction of sp³-hybridized carbons (Fsp3) is 0.600. The summed E-state index contributed by atoms with van der Waals surface area (Å²) in [6, 6.07) is 0.520. The maximum absolute atomic E-state index is 5.43. The lowest BCUT2D eigenvalue weighted by atomic mass is 10.2. The van der Waals surface area contributed by atoms with Crippen LogP contribution in [0, 0.1) is 0 Å². The Morgan fingerprint density at radius 1 is 1.43 bits per heavy atom. The molecule has 0 bridgehead atoms. The van der Waals surface area contributed by atoms with E-state index in [2.05, 4.69) is 35.9 Å². The second kappa shape index (κ2) is 5.54. The molecule has 4 nitrogen and oxygen atoms in total. The summed E-state index contributed by atoms with van der Waals surface area (Å²) < 4.78 is 5.43. The zero-order chi connectivity index (χ0) is 10.4. The van der Waals surface area contributed by atoms with Gasteiger partial charge in [-0.1, -0.05) is 0 Å². The Morgan fingerprint density at radius 3 is 2.79 bits per heavy atom. The standard InChI is InChI=1S/C10H17N3O/c1-9(13(2)3)4-7-14-10-8-11-5-6-12-10/h5-6,8-9H,4,7H2,1-3H3/t9-/m1/s1. The predicted molar refractivity (Wildman–Crippen MR) is 55.3 cm³/mol. The number of rotatable bonds is 5. The smallest absolute Gasteiger partial charge is 0.232 e. The Morgan fingerprint density at radius 2 is 2.21 bits per heavy atom. The SMILES string of the molecule is C[C@H](CCOc1cnccn1)N(C)C. The van der Waals surface area contributed by atoms with E-state index >= 15 is 0 Å². The molecule has 1 atom stereocenters. The van der Waals surface area contributed by atoms with E-state index in [1.165, 1.54) is 0 Å². The van der Waals surface area contributed by atoms with Crippen LogP contribution in [0.2, 0.25) is 0 Å². The number of hydrogen-bond acceptors (Lipinski definition) is 4. The van der Waals surface area contributed by atoms with Crippen LogP contribution in [0.3, 0.4) is 0 Å². The normalized spacial score (nSPS) is 12.9. The van der Waals surface area contributed by atoms with Gasteiger partial charge in [-0.15, -0.1) is 0 Å². The molecule has 0 aliphatic carbocycles. The van der Waals surface area contributed by atoms with E-state index in [-0.39, 0.29) is 0 Å². The molecule has 1 aromatic heterocycles. The van der Waals surface area contributed by atoms with Crippen molar-refractivity contribution >= 4 is 0 Å². The van der Waals surface area contributed by atoms with Crippen molar-refractivity contribution in [2.24, 2.45) is 0 Å². The van der Waals surface area contributed by atoms with Gasteiger partial charge in [-0.25, -0.2) is 4.98 Å². The van der Waals surface area contributed by atoms with Crippen molar-refractivity contribution in [2.45, 2.75) is 19.4 Å². The fourth-order valence-electron chi connectivity index (χ4n) is 0.952. The van der Waals surface area contributed by atoms with Crippen LogP contribution >= 0.6 is 0 Å². The van der Waals surface area contributed by atoms with Crippen molar-refractivity contribution in [1.82, 2.24) is 14.9 Å².